The Morgan fingerprint density at radius 1 is 1.42 bits per heavy atom. The lowest BCUT2D eigenvalue weighted by Gasteiger charge is -2.37. The Kier molecular flexibility index (Phi) is 5.20. The molecule has 8 heteroatoms. The van der Waals surface area contributed by atoms with Gasteiger partial charge in [0, 0.05) is 42.9 Å². The number of hydrogen-bond acceptors (Lipinski definition) is 6. The summed E-state index contributed by atoms with van der Waals surface area (Å²) < 4.78 is 6.16. The second kappa shape index (κ2) is 7.40. The van der Waals surface area contributed by atoms with Gasteiger partial charge < -0.3 is 14.7 Å². The van der Waals surface area contributed by atoms with Crippen LogP contribution in [0.5, 0.6) is 0 Å². The first-order valence-corrected chi connectivity index (χ1v) is 8.82. The molecule has 0 amide bonds. The van der Waals surface area contributed by atoms with Gasteiger partial charge in [0.25, 0.3) is 0 Å². The number of ether oxygens (including phenoxy) is 1. The fourth-order valence-corrected chi connectivity index (χ4v) is 3.45. The van der Waals surface area contributed by atoms with Gasteiger partial charge in [-0.2, -0.15) is 5.26 Å². The van der Waals surface area contributed by atoms with Crippen molar-refractivity contribution >= 4 is 33.9 Å². The average Bonchev–Trinajstić information content (AvgIpc) is 2.63. The molecule has 0 aliphatic carbocycles. The summed E-state index contributed by atoms with van der Waals surface area (Å²) in [6, 6.07) is 2.40. The molecule has 3 aliphatic heterocycles. The SMILES string of the molecule is N#CC1(CN2C=C(Br)C=CC2=C2C=NC=C(C(=O)O)C2=O)CCOCC1. The number of rotatable bonds is 3. The molecule has 3 heterocycles. The molecule has 1 saturated heterocycles. The number of carbonyl (C=O) groups is 2. The zero-order valence-electron chi connectivity index (χ0n) is 13.8. The van der Waals surface area contributed by atoms with E-state index in [1.54, 1.807) is 18.4 Å². The molecule has 0 aromatic heterocycles. The molecule has 0 spiro atoms. The summed E-state index contributed by atoms with van der Waals surface area (Å²) in [5.74, 6) is -1.91. The molecule has 1 N–H and O–H groups in total. The molecule has 7 nitrogen and oxygen atoms in total. The van der Waals surface area contributed by atoms with Crippen molar-refractivity contribution in [3.63, 3.8) is 0 Å². The molecule has 3 rings (SSSR count). The second-order valence-electron chi connectivity index (χ2n) is 6.23. The summed E-state index contributed by atoms with van der Waals surface area (Å²) in [5.41, 5.74) is -0.259. The third-order valence-electron chi connectivity index (χ3n) is 4.55. The molecule has 0 aromatic rings. The van der Waals surface area contributed by atoms with Gasteiger partial charge in [0.05, 0.1) is 22.8 Å². The molecule has 26 heavy (non-hydrogen) atoms. The van der Waals surface area contributed by atoms with Gasteiger partial charge in [0.1, 0.15) is 5.57 Å². The highest BCUT2D eigenvalue weighted by molar-refractivity contribution is 9.11. The number of carboxylic acids is 1. The Balaban J connectivity index is 1.98. The molecular weight excluding hydrogens is 402 g/mol. The van der Waals surface area contributed by atoms with Crippen LogP contribution >= 0.6 is 15.9 Å². The van der Waals surface area contributed by atoms with Gasteiger partial charge in [-0.3, -0.25) is 9.79 Å². The minimum absolute atomic E-state index is 0.192. The maximum atomic E-state index is 12.6. The summed E-state index contributed by atoms with van der Waals surface area (Å²) in [4.78, 5) is 29.5. The van der Waals surface area contributed by atoms with Crippen LogP contribution in [0.1, 0.15) is 12.8 Å². The topological polar surface area (TPSA) is 103 Å². The Morgan fingerprint density at radius 2 is 2.15 bits per heavy atom. The highest BCUT2D eigenvalue weighted by Gasteiger charge is 2.36. The molecule has 1 fully saturated rings. The van der Waals surface area contributed by atoms with Crippen LogP contribution in [0.4, 0.5) is 0 Å². The van der Waals surface area contributed by atoms with Crippen molar-refractivity contribution in [2.24, 2.45) is 10.4 Å². The molecule has 134 valence electrons. The lowest BCUT2D eigenvalue weighted by Crippen LogP contribution is -2.39. The second-order valence-corrected chi connectivity index (χ2v) is 7.15. The Morgan fingerprint density at radius 3 is 2.81 bits per heavy atom. The van der Waals surface area contributed by atoms with E-state index in [-0.39, 0.29) is 11.1 Å². The van der Waals surface area contributed by atoms with Gasteiger partial charge in [0.2, 0.25) is 5.78 Å². The normalized spacial score (nSPS) is 24.8. The van der Waals surface area contributed by atoms with Gasteiger partial charge in [0.15, 0.2) is 0 Å². The predicted molar refractivity (Wildman–Crippen MR) is 97.2 cm³/mol. The minimum Gasteiger partial charge on any atom is -0.477 e. The van der Waals surface area contributed by atoms with Crippen LogP contribution < -0.4 is 0 Å². The largest absolute Gasteiger partial charge is 0.477 e. The van der Waals surface area contributed by atoms with Gasteiger partial charge >= 0.3 is 5.97 Å². The number of nitrogens with zero attached hydrogens (tertiary/aromatic N) is 3. The molecule has 0 aromatic carbocycles. The van der Waals surface area contributed by atoms with Crippen molar-refractivity contribution in [3.05, 3.63) is 45.9 Å². The van der Waals surface area contributed by atoms with Crippen LogP contribution in [-0.2, 0) is 14.3 Å². The number of aliphatic carboxylic acids is 1. The number of nitriles is 1. The third kappa shape index (κ3) is 3.54. The number of allylic oxidation sites excluding steroid dienone is 4. The molecule has 0 saturated carbocycles. The predicted octanol–water partition coefficient (Wildman–Crippen LogP) is 2.29. The van der Waals surface area contributed by atoms with E-state index in [9.17, 15) is 20.0 Å². The highest BCUT2D eigenvalue weighted by atomic mass is 79.9. The lowest BCUT2D eigenvalue weighted by molar-refractivity contribution is -0.134. The number of halogens is 1. The third-order valence-corrected chi connectivity index (χ3v) is 5.02. The van der Waals surface area contributed by atoms with Gasteiger partial charge in [-0.25, -0.2) is 4.79 Å². The number of Topliss-reactive ketones (excluding diaryl/α,β-unsaturated/α-hetero) is 1. The number of aliphatic imine (C=N–C) groups is 1. The molecular formula is C18H16BrN3O4. The van der Waals surface area contributed by atoms with Crippen molar-refractivity contribution in [2.75, 3.05) is 19.8 Å². The quantitative estimate of drug-likeness (QED) is 0.557. The van der Waals surface area contributed by atoms with E-state index in [1.807, 2.05) is 4.90 Å². The zero-order chi connectivity index (χ0) is 18.7. The van der Waals surface area contributed by atoms with Crippen LogP contribution in [-0.4, -0.2) is 47.7 Å². The average molecular weight is 418 g/mol. The molecule has 3 aliphatic rings. The standard InChI is InChI=1S/C18H16BrN3O4/c19-12-1-2-15(13-7-21-8-14(16(13)23)17(24)25)22(9-12)11-18(10-20)3-5-26-6-4-18/h1-2,7-9H,3-6,11H2,(H,24,25). The van der Waals surface area contributed by atoms with Gasteiger partial charge in [-0.1, -0.05) is 0 Å². The number of hydrogen-bond donors (Lipinski definition) is 1. The molecule has 0 atom stereocenters. The van der Waals surface area contributed by atoms with E-state index < -0.39 is 17.2 Å². The molecule has 0 bridgehead atoms. The fraction of sp³-hybridized carbons (Fsp3) is 0.333. The van der Waals surface area contributed by atoms with Crippen molar-refractivity contribution < 1.29 is 19.4 Å². The van der Waals surface area contributed by atoms with Gasteiger partial charge in [-0.15, -0.1) is 0 Å². The fourth-order valence-electron chi connectivity index (χ4n) is 3.07. The first kappa shape index (κ1) is 18.3. The summed E-state index contributed by atoms with van der Waals surface area (Å²) in [6.45, 7) is 1.40. The first-order chi connectivity index (χ1) is 12.5. The van der Waals surface area contributed by atoms with Crippen LogP contribution in [0, 0.1) is 16.7 Å². The minimum atomic E-state index is -1.31. The Labute approximate surface area is 158 Å². The number of ketones is 1. The first-order valence-electron chi connectivity index (χ1n) is 8.02. The van der Waals surface area contributed by atoms with Crippen LogP contribution in [0.25, 0.3) is 0 Å². The van der Waals surface area contributed by atoms with E-state index in [0.717, 1.165) is 10.7 Å². The van der Waals surface area contributed by atoms with Crippen molar-refractivity contribution in [2.45, 2.75) is 12.8 Å². The van der Waals surface area contributed by atoms with Crippen LogP contribution in [0.2, 0.25) is 0 Å². The van der Waals surface area contributed by atoms with Gasteiger partial charge in [-0.05, 0) is 40.9 Å². The number of carbonyl (C=O) groups excluding carboxylic acids is 1. The maximum absolute atomic E-state index is 12.6. The van der Waals surface area contributed by atoms with Crippen LogP contribution in [0.3, 0.4) is 0 Å². The Bertz CT molecular complexity index is 839. The smallest absolute Gasteiger partial charge is 0.341 e. The van der Waals surface area contributed by atoms with Crippen LogP contribution in [0.15, 0.2) is 50.9 Å². The van der Waals surface area contributed by atoms with Crippen molar-refractivity contribution in [1.82, 2.24) is 4.90 Å². The van der Waals surface area contributed by atoms with E-state index in [0.29, 0.717) is 38.3 Å². The highest BCUT2D eigenvalue weighted by Crippen LogP contribution is 2.35. The summed E-state index contributed by atoms with van der Waals surface area (Å²) in [5, 5.41) is 18.9. The maximum Gasteiger partial charge on any atom is 0.341 e. The summed E-state index contributed by atoms with van der Waals surface area (Å²) in [6.07, 6.45) is 8.88. The Hall–Kier alpha value is -2.50. The molecule has 0 unspecified atom stereocenters. The van der Waals surface area contributed by atoms with E-state index in [2.05, 4.69) is 27.0 Å². The number of carboxylic acid groups (broad SMARTS) is 1. The van der Waals surface area contributed by atoms with E-state index in [1.165, 1.54) is 6.21 Å². The summed E-state index contributed by atoms with van der Waals surface area (Å²) >= 11 is 3.41. The molecule has 0 radical (unpaired) electrons. The van der Waals surface area contributed by atoms with Crippen molar-refractivity contribution in [3.8, 4) is 6.07 Å². The van der Waals surface area contributed by atoms with E-state index >= 15 is 0 Å². The lowest BCUT2D eigenvalue weighted by atomic mass is 9.81. The van der Waals surface area contributed by atoms with Crippen molar-refractivity contribution in [1.29, 1.82) is 5.26 Å². The summed E-state index contributed by atoms with van der Waals surface area (Å²) in [7, 11) is 0. The van der Waals surface area contributed by atoms with E-state index in [4.69, 9.17) is 4.74 Å². The monoisotopic (exact) mass is 417 g/mol. The zero-order valence-corrected chi connectivity index (χ0v) is 15.4.